The zero-order valence-corrected chi connectivity index (χ0v) is 8.94. The number of rotatable bonds is 1. The van der Waals surface area contributed by atoms with Crippen LogP contribution in [-0.4, -0.2) is 12.1 Å². The van der Waals surface area contributed by atoms with E-state index in [4.69, 9.17) is 10.5 Å². The van der Waals surface area contributed by atoms with E-state index in [0.29, 0.717) is 16.0 Å². The number of halogens is 2. The van der Waals surface area contributed by atoms with Crippen molar-refractivity contribution in [1.29, 1.82) is 0 Å². The minimum absolute atomic E-state index is 0.491. The monoisotopic (exact) mass is 280 g/mol. The first-order valence-electron chi connectivity index (χ1n) is 2.80. The van der Waals surface area contributed by atoms with E-state index in [9.17, 15) is 0 Å². The molecule has 0 bridgehead atoms. The first-order chi connectivity index (χ1) is 5.16. The molecule has 1 heterocycles. The fraction of sp³-hybridized carbons (Fsp3) is 0.167. The second kappa shape index (κ2) is 3.40. The molecule has 0 spiro atoms. The van der Waals surface area contributed by atoms with Crippen LogP contribution in [-0.2, 0) is 0 Å². The molecule has 11 heavy (non-hydrogen) atoms. The highest BCUT2D eigenvalue weighted by atomic mass is 79.9. The number of nitrogens with zero attached hydrogens (tertiary/aromatic N) is 1. The van der Waals surface area contributed by atoms with Crippen LogP contribution in [0.5, 0.6) is 5.88 Å². The van der Waals surface area contributed by atoms with Crippen molar-refractivity contribution in [1.82, 2.24) is 4.98 Å². The number of nitrogens with two attached hydrogens (primary N) is 1. The molecule has 5 heteroatoms. The average Bonchev–Trinajstić information content (AvgIpc) is 2.01. The summed E-state index contributed by atoms with van der Waals surface area (Å²) in [6, 6.07) is 0. The normalized spacial score (nSPS) is 9.73. The molecular weight excluding hydrogens is 276 g/mol. The molecular formula is C6H6Br2N2O. The first kappa shape index (κ1) is 8.80. The van der Waals surface area contributed by atoms with Crippen molar-refractivity contribution in [3.63, 3.8) is 0 Å². The molecule has 1 aromatic heterocycles. The van der Waals surface area contributed by atoms with E-state index in [1.54, 1.807) is 13.3 Å². The van der Waals surface area contributed by atoms with Crippen LogP contribution in [0.4, 0.5) is 5.69 Å². The Morgan fingerprint density at radius 2 is 2.18 bits per heavy atom. The highest BCUT2D eigenvalue weighted by Gasteiger charge is 2.07. The average molecular weight is 282 g/mol. The van der Waals surface area contributed by atoms with Gasteiger partial charge in [-0.3, -0.25) is 0 Å². The number of hydrogen-bond acceptors (Lipinski definition) is 3. The van der Waals surface area contributed by atoms with Crippen molar-refractivity contribution in [3.05, 3.63) is 15.1 Å². The van der Waals surface area contributed by atoms with Gasteiger partial charge >= 0.3 is 0 Å². The van der Waals surface area contributed by atoms with Gasteiger partial charge in [-0.25, -0.2) is 4.98 Å². The van der Waals surface area contributed by atoms with Gasteiger partial charge in [-0.2, -0.15) is 0 Å². The van der Waals surface area contributed by atoms with Crippen LogP contribution >= 0.6 is 31.9 Å². The Morgan fingerprint density at radius 3 is 2.73 bits per heavy atom. The van der Waals surface area contributed by atoms with E-state index in [-0.39, 0.29) is 0 Å². The predicted molar refractivity (Wildman–Crippen MR) is 50.6 cm³/mol. The lowest BCUT2D eigenvalue weighted by Crippen LogP contribution is -1.94. The molecule has 0 radical (unpaired) electrons. The van der Waals surface area contributed by atoms with E-state index in [1.165, 1.54) is 0 Å². The number of nitrogen functional groups attached to an aromatic ring is 1. The van der Waals surface area contributed by atoms with Crippen molar-refractivity contribution < 1.29 is 4.74 Å². The van der Waals surface area contributed by atoms with Gasteiger partial charge in [0.1, 0.15) is 4.47 Å². The Morgan fingerprint density at radius 1 is 1.55 bits per heavy atom. The van der Waals surface area contributed by atoms with Crippen molar-refractivity contribution in [3.8, 4) is 5.88 Å². The molecule has 0 aromatic carbocycles. The summed E-state index contributed by atoms with van der Waals surface area (Å²) in [7, 11) is 1.54. The SMILES string of the molecule is COc1ncc(Br)c(N)c1Br. The van der Waals surface area contributed by atoms with Crippen molar-refractivity contribution in [2.75, 3.05) is 12.8 Å². The summed E-state index contributed by atoms with van der Waals surface area (Å²) in [6.45, 7) is 0. The third kappa shape index (κ3) is 1.65. The summed E-state index contributed by atoms with van der Waals surface area (Å²) >= 11 is 6.48. The molecule has 0 aliphatic carbocycles. The maximum atomic E-state index is 5.64. The number of ether oxygens (including phenoxy) is 1. The van der Waals surface area contributed by atoms with Crippen LogP contribution in [0.1, 0.15) is 0 Å². The first-order valence-corrected chi connectivity index (χ1v) is 4.39. The number of methoxy groups -OCH3 is 1. The van der Waals surface area contributed by atoms with Gasteiger partial charge in [-0.1, -0.05) is 0 Å². The molecule has 1 rings (SSSR count). The van der Waals surface area contributed by atoms with Gasteiger partial charge in [0.2, 0.25) is 5.88 Å². The van der Waals surface area contributed by atoms with Crippen LogP contribution in [0.2, 0.25) is 0 Å². The molecule has 1 aromatic rings. The molecule has 0 unspecified atom stereocenters. The predicted octanol–water partition coefficient (Wildman–Crippen LogP) is 2.20. The Balaban J connectivity index is 3.25. The van der Waals surface area contributed by atoms with Gasteiger partial charge < -0.3 is 10.5 Å². The molecule has 2 N–H and O–H groups in total. The van der Waals surface area contributed by atoms with Crippen molar-refractivity contribution in [2.45, 2.75) is 0 Å². The van der Waals surface area contributed by atoms with Crippen LogP contribution in [0, 0.1) is 0 Å². The Kier molecular flexibility index (Phi) is 2.72. The van der Waals surface area contributed by atoms with E-state index in [1.807, 2.05) is 0 Å². The fourth-order valence-electron chi connectivity index (χ4n) is 0.604. The van der Waals surface area contributed by atoms with Gasteiger partial charge in [0.15, 0.2) is 0 Å². The Bertz CT molecular complexity index is 278. The maximum absolute atomic E-state index is 5.64. The largest absolute Gasteiger partial charge is 0.480 e. The highest BCUT2D eigenvalue weighted by Crippen LogP contribution is 2.33. The minimum Gasteiger partial charge on any atom is -0.480 e. The molecule has 0 amide bonds. The summed E-state index contributed by atoms with van der Waals surface area (Å²) in [6.07, 6.45) is 1.60. The van der Waals surface area contributed by atoms with Gasteiger partial charge in [-0.05, 0) is 31.9 Å². The van der Waals surface area contributed by atoms with Gasteiger partial charge in [0, 0.05) is 6.20 Å². The molecule has 0 atom stereocenters. The fourth-order valence-corrected chi connectivity index (χ4v) is 1.65. The summed E-state index contributed by atoms with van der Waals surface area (Å²) in [5, 5.41) is 0. The number of aromatic nitrogens is 1. The highest BCUT2D eigenvalue weighted by molar-refractivity contribution is 9.11. The van der Waals surface area contributed by atoms with Crippen LogP contribution in [0.3, 0.4) is 0 Å². The van der Waals surface area contributed by atoms with E-state index < -0.39 is 0 Å². The zero-order valence-electron chi connectivity index (χ0n) is 5.77. The molecule has 0 saturated heterocycles. The number of hydrogen-bond donors (Lipinski definition) is 1. The second-order valence-corrected chi connectivity index (χ2v) is 3.49. The quantitative estimate of drug-likeness (QED) is 0.859. The van der Waals surface area contributed by atoms with E-state index in [2.05, 4.69) is 36.8 Å². The van der Waals surface area contributed by atoms with Crippen molar-refractivity contribution in [2.24, 2.45) is 0 Å². The Labute approximate surface area is 81.2 Å². The molecule has 3 nitrogen and oxygen atoms in total. The number of pyridine rings is 1. The van der Waals surface area contributed by atoms with Gasteiger partial charge in [-0.15, -0.1) is 0 Å². The van der Waals surface area contributed by atoms with E-state index in [0.717, 1.165) is 4.47 Å². The smallest absolute Gasteiger partial charge is 0.229 e. The molecule has 0 fully saturated rings. The lowest BCUT2D eigenvalue weighted by molar-refractivity contribution is 0.395. The summed E-state index contributed by atoms with van der Waals surface area (Å²) in [5.41, 5.74) is 6.24. The van der Waals surface area contributed by atoms with Gasteiger partial charge in [0.25, 0.3) is 0 Å². The third-order valence-corrected chi connectivity index (χ3v) is 2.57. The zero-order chi connectivity index (χ0) is 8.43. The van der Waals surface area contributed by atoms with Crippen LogP contribution < -0.4 is 10.5 Å². The van der Waals surface area contributed by atoms with E-state index >= 15 is 0 Å². The standard InChI is InChI=1S/C6H6Br2N2O/c1-11-6-4(8)5(9)3(7)2-10-6/h2H,1H3,(H2,9,10). The lowest BCUT2D eigenvalue weighted by Gasteiger charge is -2.04. The van der Waals surface area contributed by atoms with Crippen molar-refractivity contribution >= 4 is 37.5 Å². The third-order valence-electron chi connectivity index (χ3n) is 1.17. The number of anilines is 1. The molecule has 0 aliphatic heterocycles. The van der Waals surface area contributed by atoms with Crippen LogP contribution in [0.15, 0.2) is 15.1 Å². The topological polar surface area (TPSA) is 48.1 Å². The maximum Gasteiger partial charge on any atom is 0.229 e. The van der Waals surface area contributed by atoms with Gasteiger partial charge in [0.05, 0.1) is 17.3 Å². The Hall–Kier alpha value is -0.290. The molecule has 0 saturated carbocycles. The summed E-state index contributed by atoms with van der Waals surface area (Å²) in [5.74, 6) is 0.491. The second-order valence-electron chi connectivity index (χ2n) is 1.84. The lowest BCUT2D eigenvalue weighted by atomic mass is 10.4. The van der Waals surface area contributed by atoms with Crippen LogP contribution in [0.25, 0.3) is 0 Å². The minimum atomic E-state index is 0.491. The molecule has 0 aliphatic rings. The summed E-state index contributed by atoms with van der Waals surface area (Å²) < 4.78 is 6.35. The molecule has 60 valence electrons. The summed E-state index contributed by atoms with van der Waals surface area (Å²) in [4.78, 5) is 3.96.